The molecular formula is C17H29N. The zero-order valence-electron chi connectivity index (χ0n) is 13.1. The van der Waals surface area contributed by atoms with Gasteiger partial charge in [-0.15, -0.1) is 0 Å². The zero-order valence-corrected chi connectivity index (χ0v) is 13.1. The molecule has 0 N–H and O–H groups in total. The number of rotatable bonds is 0. The minimum atomic E-state index is 0.212. The first-order valence-electron chi connectivity index (χ1n) is 7.10. The molecule has 0 aliphatic carbocycles. The van der Waals surface area contributed by atoms with E-state index in [0.29, 0.717) is 0 Å². The van der Waals surface area contributed by atoms with Gasteiger partial charge in [-0.05, 0) is 38.0 Å². The van der Waals surface area contributed by atoms with Crippen LogP contribution in [-0.4, -0.2) is 10.4 Å². The monoisotopic (exact) mass is 247 g/mol. The lowest BCUT2D eigenvalue weighted by Gasteiger charge is -2.37. The fourth-order valence-corrected chi connectivity index (χ4v) is 1.71. The van der Waals surface area contributed by atoms with Crippen LogP contribution in [0.4, 0.5) is 0 Å². The number of benzene rings is 1. The largest absolute Gasteiger partial charge is 0.368 e. The molecule has 0 spiro atoms. The van der Waals surface area contributed by atoms with Crippen LogP contribution in [0.1, 0.15) is 59.6 Å². The second kappa shape index (κ2) is 7.97. The molecule has 1 aromatic carbocycles. The minimum absolute atomic E-state index is 0.212. The van der Waals surface area contributed by atoms with E-state index in [4.69, 9.17) is 0 Å². The third kappa shape index (κ3) is 4.56. The fourth-order valence-electron chi connectivity index (χ4n) is 1.71. The van der Waals surface area contributed by atoms with Crippen molar-refractivity contribution in [3.8, 4) is 0 Å². The van der Waals surface area contributed by atoms with Crippen molar-refractivity contribution in [3.63, 3.8) is 0 Å². The summed E-state index contributed by atoms with van der Waals surface area (Å²) >= 11 is 0. The molecule has 0 radical (unpaired) electrons. The number of hydrogen-bond donors (Lipinski definition) is 0. The first-order chi connectivity index (χ1) is 8.57. The van der Waals surface area contributed by atoms with Gasteiger partial charge in [0.1, 0.15) is 0 Å². The van der Waals surface area contributed by atoms with E-state index in [1.165, 1.54) is 11.1 Å². The van der Waals surface area contributed by atoms with Crippen LogP contribution in [0.5, 0.6) is 0 Å². The molecule has 1 aliphatic rings. The van der Waals surface area contributed by atoms with Crippen LogP contribution < -0.4 is 0 Å². The average Bonchev–Trinajstić information content (AvgIpc) is 2.42. The maximum Gasteiger partial charge on any atom is 0.0435 e. The predicted molar refractivity (Wildman–Crippen MR) is 83.5 cm³/mol. The van der Waals surface area contributed by atoms with Crippen LogP contribution in [0.2, 0.25) is 0 Å². The molecule has 0 aromatic heterocycles. The summed E-state index contributed by atoms with van der Waals surface area (Å²) in [6.07, 6.45) is 4.40. The molecule has 0 atom stereocenters. The first-order valence-corrected chi connectivity index (χ1v) is 7.10. The van der Waals surface area contributed by atoms with Crippen LogP contribution in [0.15, 0.2) is 30.5 Å². The third-order valence-corrected chi connectivity index (χ3v) is 2.69. The van der Waals surface area contributed by atoms with Crippen molar-refractivity contribution < 1.29 is 0 Å². The van der Waals surface area contributed by atoms with E-state index in [-0.39, 0.29) is 5.54 Å². The van der Waals surface area contributed by atoms with E-state index in [1.807, 2.05) is 27.7 Å². The van der Waals surface area contributed by atoms with Gasteiger partial charge in [0, 0.05) is 18.3 Å². The highest BCUT2D eigenvalue weighted by Gasteiger charge is 2.20. The molecule has 0 saturated carbocycles. The zero-order chi connectivity index (χ0) is 14.2. The summed E-state index contributed by atoms with van der Waals surface area (Å²) < 4.78 is 0. The standard InChI is InChI=1S/C13H17N.2C2H6/c1-13(2,3)14-9-8-11-6-4-5-7-12(11)10-14;2*1-2/h4-9H,10H2,1-3H3;2*1-2H3. The Hall–Kier alpha value is -1.24. The Morgan fingerprint density at radius 3 is 2.06 bits per heavy atom. The van der Waals surface area contributed by atoms with Crippen LogP contribution >= 0.6 is 0 Å². The minimum Gasteiger partial charge on any atom is -0.368 e. The van der Waals surface area contributed by atoms with Gasteiger partial charge in [0.25, 0.3) is 0 Å². The molecule has 18 heavy (non-hydrogen) atoms. The Bertz CT molecular complexity index is 358. The maximum atomic E-state index is 2.37. The van der Waals surface area contributed by atoms with Crippen molar-refractivity contribution in [2.24, 2.45) is 0 Å². The summed E-state index contributed by atoms with van der Waals surface area (Å²) in [5, 5.41) is 0. The Morgan fingerprint density at radius 2 is 1.50 bits per heavy atom. The fraction of sp³-hybridized carbons (Fsp3) is 0.529. The molecule has 1 heteroatoms. The summed E-state index contributed by atoms with van der Waals surface area (Å²) in [5.74, 6) is 0. The van der Waals surface area contributed by atoms with E-state index >= 15 is 0 Å². The van der Waals surface area contributed by atoms with Crippen LogP contribution in [-0.2, 0) is 6.54 Å². The van der Waals surface area contributed by atoms with Gasteiger partial charge in [-0.25, -0.2) is 0 Å². The van der Waals surface area contributed by atoms with Crippen molar-refractivity contribution in [1.82, 2.24) is 4.90 Å². The van der Waals surface area contributed by atoms with Crippen molar-refractivity contribution in [2.75, 3.05) is 0 Å². The topological polar surface area (TPSA) is 3.24 Å². The predicted octanol–water partition coefficient (Wildman–Crippen LogP) is 5.32. The first kappa shape index (κ1) is 16.8. The SMILES string of the molecule is CC.CC.CC(C)(C)N1C=Cc2ccccc2C1. The van der Waals surface area contributed by atoms with Gasteiger partial charge in [0.15, 0.2) is 0 Å². The van der Waals surface area contributed by atoms with Gasteiger partial charge in [-0.1, -0.05) is 52.0 Å². The second-order valence-corrected chi connectivity index (χ2v) is 4.81. The Balaban J connectivity index is 0.000000659. The van der Waals surface area contributed by atoms with Crippen molar-refractivity contribution in [2.45, 2.75) is 60.5 Å². The Labute approximate surface area is 114 Å². The van der Waals surface area contributed by atoms with Gasteiger partial charge in [-0.3, -0.25) is 0 Å². The van der Waals surface area contributed by atoms with Gasteiger partial charge < -0.3 is 4.90 Å². The van der Waals surface area contributed by atoms with E-state index in [2.05, 4.69) is 62.2 Å². The molecule has 0 saturated heterocycles. The highest BCUT2D eigenvalue weighted by atomic mass is 15.2. The van der Waals surface area contributed by atoms with Crippen molar-refractivity contribution in [1.29, 1.82) is 0 Å². The van der Waals surface area contributed by atoms with E-state index in [1.54, 1.807) is 0 Å². The normalized spacial score (nSPS) is 12.7. The highest BCUT2D eigenvalue weighted by molar-refractivity contribution is 5.55. The van der Waals surface area contributed by atoms with Crippen LogP contribution in [0.25, 0.3) is 6.08 Å². The number of nitrogens with zero attached hydrogens (tertiary/aromatic N) is 1. The van der Waals surface area contributed by atoms with Gasteiger partial charge in [0.2, 0.25) is 0 Å². The van der Waals surface area contributed by atoms with E-state index in [9.17, 15) is 0 Å². The lowest BCUT2D eigenvalue weighted by atomic mass is 9.99. The average molecular weight is 247 g/mol. The molecule has 102 valence electrons. The van der Waals surface area contributed by atoms with Gasteiger partial charge >= 0.3 is 0 Å². The summed E-state index contributed by atoms with van der Waals surface area (Å²) in [7, 11) is 0. The third-order valence-electron chi connectivity index (χ3n) is 2.69. The number of fused-ring (bicyclic) bond motifs is 1. The number of hydrogen-bond acceptors (Lipinski definition) is 1. The highest BCUT2D eigenvalue weighted by Crippen LogP contribution is 2.25. The van der Waals surface area contributed by atoms with Crippen LogP contribution in [0, 0.1) is 0 Å². The summed E-state index contributed by atoms with van der Waals surface area (Å²) in [6.45, 7) is 15.7. The Morgan fingerprint density at radius 1 is 0.944 bits per heavy atom. The molecule has 1 aromatic rings. The van der Waals surface area contributed by atoms with E-state index < -0.39 is 0 Å². The molecule has 0 fully saturated rings. The quantitative estimate of drug-likeness (QED) is 0.599. The van der Waals surface area contributed by atoms with Crippen molar-refractivity contribution in [3.05, 3.63) is 41.6 Å². The van der Waals surface area contributed by atoms with Gasteiger partial charge in [0.05, 0.1) is 0 Å². The second-order valence-electron chi connectivity index (χ2n) is 4.81. The molecule has 0 unspecified atom stereocenters. The summed E-state index contributed by atoms with van der Waals surface area (Å²) in [6, 6.07) is 8.58. The summed E-state index contributed by atoms with van der Waals surface area (Å²) in [5.41, 5.74) is 2.99. The molecular weight excluding hydrogens is 218 g/mol. The van der Waals surface area contributed by atoms with Crippen LogP contribution in [0.3, 0.4) is 0 Å². The van der Waals surface area contributed by atoms with Crippen molar-refractivity contribution >= 4 is 6.08 Å². The molecule has 2 rings (SSSR count). The smallest absolute Gasteiger partial charge is 0.0435 e. The maximum absolute atomic E-state index is 2.37. The van der Waals surface area contributed by atoms with Gasteiger partial charge in [-0.2, -0.15) is 0 Å². The molecule has 0 amide bonds. The lowest BCUT2D eigenvalue weighted by Crippen LogP contribution is -2.37. The molecule has 1 heterocycles. The molecule has 0 bridgehead atoms. The van der Waals surface area contributed by atoms with E-state index in [0.717, 1.165) is 6.54 Å². The lowest BCUT2D eigenvalue weighted by molar-refractivity contribution is 0.196. The Kier molecular flexibility index (Phi) is 7.42. The molecule has 1 aliphatic heterocycles. The summed E-state index contributed by atoms with van der Waals surface area (Å²) in [4.78, 5) is 2.37. The molecule has 1 nitrogen and oxygen atoms in total.